The average molecular weight is 391 g/mol. The number of anilines is 1. The van der Waals surface area contributed by atoms with Gasteiger partial charge in [0.1, 0.15) is 23.1 Å². The van der Waals surface area contributed by atoms with E-state index in [4.69, 9.17) is 4.74 Å². The van der Waals surface area contributed by atoms with Gasteiger partial charge < -0.3 is 10.1 Å². The van der Waals surface area contributed by atoms with E-state index in [0.29, 0.717) is 16.6 Å². The fourth-order valence-electron chi connectivity index (χ4n) is 2.25. The van der Waals surface area contributed by atoms with E-state index in [1.807, 2.05) is 6.07 Å². The second-order valence-electron chi connectivity index (χ2n) is 5.42. The van der Waals surface area contributed by atoms with Crippen LogP contribution in [-0.4, -0.2) is 38.5 Å². The van der Waals surface area contributed by atoms with Crippen molar-refractivity contribution < 1.29 is 18.3 Å². The number of nitrogens with one attached hydrogen (secondary N) is 1. The van der Waals surface area contributed by atoms with E-state index in [1.54, 1.807) is 25.1 Å². The Hall–Kier alpha value is -3.01. The van der Waals surface area contributed by atoms with Gasteiger partial charge in [0.05, 0.1) is 18.0 Å². The van der Waals surface area contributed by atoms with Crippen molar-refractivity contribution in [1.29, 1.82) is 0 Å². The number of carbonyl (C=O) groups is 1. The number of methoxy groups -OCH3 is 1. The predicted molar refractivity (Wildman–Crippen MR) is 96.0 cm³/mol. The van der Waals surface area contributed by atoms with Gasteiger partial charge >= 0.3 is 0 Å². The zero-order valence-corrected chi connectivity index (χ0v) is 15.2. The summed E-state index contributed by atoms with van der Waals surface area (Å²) >= 11 is 1.07. The minimum atomic E-state index is -0.721. The van der Waals surface area contributed by atoms with Crippen molar-refractivity contribution in [2.24, 2.45) is 0 Å². The fourth-order valence-corrected chi connectivity index (χ4v) is 3.05. The number of amides is 1. The van der Waals surface area contributed by atoms with Crippen molar-refractivity contribution in [3.63, 3.8) is 0 Å². The number of halogens is 2. The summed E-state index contributed by atoms with van der Waals surface area (Å²) in [4.78, 5) is 12.3. The first-order valence-corrected chi connectivity index (χ1v) is 8.72. The molecule has 3 aromatic rings. The zero-order chi connectivity index (χ0) is 19.4. The number of ether oxygens (including phenoxy) is 1. The molecule has 1 atom stereocenters. The molecule has 0 fully saturated rings. The minimum absolute atomic E-state index is 0.225. The summed E-state index contributed by atoms with van der Waals surface area (Å²) in [7, 11) is 1.53. The van der Waals surface area contributed by atoms with Crippen molar-refractivity contribution in [3.05, 3.63) is 54.1 Å². The molecule has 3 rings (SSSR count). The number of rotatable bonds is 6. The molecular weight excluding hydrogens is 376 g/mol. The highest BCUT2D eigenvalue weighted by Crippen LogP contribution is 2.28. The number of carbonyl (C=O) groups excluding carboxylic acids is 1. The van der Waals surface area contributed by atoms with Gasteiger partial charge in [-0.25, -0.2) is 8.78 Å². The molecule has 0 saturated carbocycles. The Labute approximate surface area is 157 Å². The van der Waals surface area contributed by atoms with Crippen LogP contribution in [0, 0.1) is 11.6 Å². The van der Waals surface area contributed by atoms with E-state index >= 15 is 0 Å². The molecule has 27 heavy (non-hydrogen) atoms. The molecule has 1 amide bonds. The molecule has 0 aliphatic heterocycles. The van der Waals surface area contributed by atoms with E-state index in [9.17, 15) is 13.6 Å². The molecule has 7 nitrogen and oxygen atoms in total. The van der Waals surface area contributed by atoms with Gasteiger partial charge in [-0.2, -0.15) is 4.68 Å². The Morgan fingerprint density at radius 2 is 2.04 bits per heavy atom. The molecular formula is C17H15F2N5O2S. The molecule has 0 aliphatic rings. The van der Waals surface area contributed by atoms with Gasteiger partial charge in [-0.05, 0) is 41.6 Å². The number of aromatic nitrogens is 4. The van der Waals surface area contributed by atoms with Crippen LogP contribution in [0.2, 0.25) is 0 Å². The van der Waals surface area contributed by atoms with E-state index in [0.717, 1.165) is 30.0 Å². The summed E-state index contributed by atoms with van der Waals surface area (Å²) in [5.41, 5.74) is 0.382. The topological polar surface area (TPSA) is 81.9 Å². The Morgan fingerprint density at radius 1 is 1.26 bits per heavy atom. The summed E-state index contributed by atoms with van der Waals surface area (Å²) in [6.45, 7) is 1.61. The van der Waals surface area contributed by atoms with Crippen molar-refractivity contribution in [2.75, 3.05) is 12.4 Å². The Bertz CT molecular complexity index is 966. The number of para-hydroxylation sites is 2. The summed E-state index contributed by atoms with van der Waals surface area (Å²) in [5.74, 6) is -1.32. The maximum absolute atomic E-state index is 13.7. The lowest BCUT2D eigenvalue weighted by Gasteiger charge is -2.13. The normalized spacial score (nSPS) is 11.9. The van der Waals surface area contributed by atoms with Crippen LogP contribution in [0.1, 0.15) is 6.92 Å². The molecule has 0 radical (unpaired) electrons. The third kappa shape index (κ3) is 4.22. The van der Waals surface area contributed by atoms with Crippen LogP contribution in [0.5, 0.6) is 5.75 Å². The average Bonchev–Trinajstić information content (AvgIpc) is 3.12. The first-order chi connectivity index (χ1) is 13.0. The fraction of sp³-hybridized carbons (Fsp3) is 0.176. The number of hydrogen-bond acceptors (Lipinski definition) is 6. The van der Waals surface area contributed by atoms with Gasteiger partial charge in [-0.15, -0.1) is 5.10 Å². The second-order valence-corrected chi connectivity index (χ2v) is 6.73. The van der Waals surface area contributed by atoms with Crippen molar-refractivity contribution in [3.8, 4) is 11.4 Å². The predicted octanol–water partition coefficient (Wildman–Crippen LogP) is 3.07. The summed E-state index contributed by atoms with van der Waals surface area (Å²) < 4.78 is 33.7. The van der Waals surface area contributed by atoms with Crippen LogP contribution in [0.15, 0.2) is 47.6 Å². The summed E-state index contributed by atoms with van der Waals surface area (Å²) in [6.07, 6.45) is 0. The molecule has 1 unspecified atom stereocenters. The van der Waals surface area contributed by atoms with E-state index in [1.165, 1.54) is 11.8 Å². The Kier molecular flexibility index (Phi) is 5.65. The lowest BCUT2D eigenvalue weighted by Crippen LogP contribution is -2.23. The number of thioether (sulfide) groups is 1. The molecule has 10 heteroatoms. The molecule has 1 aromatic heterocycles. The number of benzene rings is 2. The smallest absolute Gasteiger partial charge is 0.237 e. The SMILES string of the molecule is COc1ccccc1-n1nnnc1SC(C)C(=O)Nc1cc(F)ccc1F. The Morgan fingerprint density at radius 3 is 2.81 bits per heavy atom. The van der Waals surface area contributed by atoms with Crippen molar-refractivity contribution >= 4 is 23.4 Å². The maximum Gasteiger partial charge on any atom is 0.237 e. The third-order valence-electron chi connectivity index (χ3n) is 3.59. The minimum Gasteiger partial charge on any atom is -0.494 e. The summed E-state index contributed by atoms with van der Waals surface area (Å²) in [6, 6.07) is 9.99. The third-order valence-corrected chi connectivity index (χ3v) is 4.62. The van der Waals surface area contributed by atoms with Crippen LogP contribution >= 0.6 is 11.8 Å². The van der Waals surface area contributed by atoms with Gasteiger partial charge in [-0.1, -0.05) is 23.9 Å². The van der Waals surface area contributed by atoms with E-state index < -0.39 is 22.8 Å². The standard InChI is InChI=1S/C17H15F2N5O2S/c1-10(16(25)20-13-9-11(18)7-8-12(13)19)27-17-21-22-23-24(17)14-5-3-4-6-15(14)26-2/h3-10H,1-2H3,(H,20,25). The van der Waals surface area contributed by atoms with Crippen LogP contribution < -0.4 is 10.1 Å². The number of tetrazole rings is 1. The van der Waals surface area contributed by atoms with Gasteiger partial charge in [0.2, 0.25) is 11.1 Å². The lowest BCUT2D eigenvalue weighted by molar-refractivity contribution is -0.115. The molecule has 0 saturated heterocycles. The highest BCUT2D eigenvalue weighted by Gasteiger charge is 2.21. The summed E-state index contributed by atoms with van der Waals surface area (Å²) in [5, 5.41) is 13.5. The highest BCUT2D eigenvalue weighted by molar-refractivity contribution is 8.00. The van der Waals surface area contributed by atoms with E-state index in [-0.39, 0.29) is 5.69 Å². The van der Waals surface area contributed by atoms with Gasteiger partial charge in [-0.3, -0.25) is 4.79 Å². The highest BCUT2D eigenvalue weighted by atomic mass is 32.2. The molecule has 140 valence electrons. The number of nitrogens with zero attached hydrogens (tertiary/aromatic N) is 4. The quantitative estimate of drug-likeness (QED) is 0.651. The van der Waals surface area contributed by atoms with E-state index in [2.05, 4.69) is 20.8 Å². The molecule has 2 aromatic carbocycles. The number of hydrogen-bond donors (Lipinski definition) is 1. The first-order valence-electron chi connectivity index (χ1n) is 7.84. The van der Waals surface area contributed by atoms with Crippen LogP contribution in [0.25, 0.3) is 5.69 Å². The van der Waals surface area contributed by atoms with Crippen LogP contribution in [-0.2, 0) is 4.79 Å². The Balaban J connectivity index is 1.77. The van der Waals surface area contributed by atoms with Gasteiger partial charge in [0, 0.05) is 6.07 Å². The van der Waals surface area contributed by atoms with Crippen LogP contribution in [0.3, 0.4) is 0 Å². The van der Waals surface area contributed by atoms with Gasteiger partial charge in [0.15, 0.2) is 0 Å². The van der Waals surface area contributed by atoms with Crippen molar-refractivity contribution in [1.82, 2.24) is 20.2 Å². The molecule has 1 heterocycles. The molecule has 0 bridgehead atoms. The molecule has 1 N–H and O–H groups in total. The van der Waals surface area contributed by atoms with Crippen molar-refractivity contribution in [2.45, 2.75) is 17.3 Å². The maximum atomic E-state index is 13.7. The zero-order valence-electron chi connectivity index (χ0n) is 14.4. The van der Waals surface area contributed by atoms with Gasteiger partial charge in [0.25, 0.3) is 0 Å². The molecule has 0 aliphatic carbocycles. The second kappa shape index (κ2) is 8.12. The first kappa shape index (κ1) is 18.8. The lowest BCUT2D eigenvalue weighted by atomic mass is 10.3. The monoisotopic (exact) mass is 391 g/mol. The van der Waals surface area contributed by atoms with Crippen LogP contribution in [0.4, 0.5) is 14.5 Å². The largest absolute Gasteiger partial charge is 0.494 e. The molecule has 0 spiro atoms.